The molecule has 3 N–H and O–H groups in total. The Bertz CT molecular complexity index is 689. The quantitative estimate of drug-likeness (QED) is 0.378. The van der Waals surface area contributed by atoms with Crippen LogP contribution in [0.1, 0.15) is 62.5 Å². The molecule has 6 nitrogen and oxygen atoms in total. The summed E-state index contributed by atoms with van der Waals surface area (Å²) in [5, 5.41) is 10.0. The van der Waals surface area contributed by atoms with Crippen molar-refractivity contribution in [3.8, 4) is 5.75 Å². The smallest absolute Gasteiger partial charge is 0.313 e. The normalized spacial score (nSPS) is 20.6. The van der Waals surface area contributed by atoms with E-state index in [4.69, 9.17) is 27.1 Å². The van der Waals surface area contributed by atoms with Gasteiger partial charge in [-0.1, -0.05) is 37.8 Å². The van der Waals surface area contributed by atoms with E-state index in [1.54, 1.807) is 0 Å². The van der Waals surface area contributed by atoms with Gasteiger partial charge in [0.05, 0.1) is 10.7 Å². The molecular weight excluding hydrogens is 380 g/mol. The van der Waals surface area contributed by atoms with E-state index in [0.29, 0.717) is 16.5 Å². The van der Waals surface area contributed by atoms with Crippen LogP contribution in [0.25, 0.3) is 0 Å². The third-order valence-electron chi connectivity index (χ3n) is 5.96. The number of piperidine rings is 1. The lowest BCUT2D eigenvalue weighted by Crippen LogP contribution is -2.35. The van der Waals surface area contributed by atoms with Crippen molar-refractivity contribution < 1.29 is 19.7 Å². The van der Waals surface area contributed by atoms with Crippen LogP contribution in [0.2, 0.25) is 5.02 Å². The lowest BCUT2D eigenvalue weighted by atomic mass is 9.84. The summed E-state index contributed by atoms with van der Waals surface area (Å²) >= 11 is 6.29. The predicted octanol–water partition coefficient (Wildman–Crippen LogP) is 4.25. The minimum absolute atomic E-state index is 0.0212. The van der Waals surface area contributed by atoms with Crippen LogP contribution in [0.4, 0.5) is 5.69 Å². The SMILES string of the molecule is CCCCCCN1CCC(Cc2cc(Cl)c(N)c3c2C(C(=O)O)COO3)CC1. The van der Waals surface area contributed by atoms with Gasteiger partial charge in [0.1, 0.15) is 12.5 Å². The second kappa shape index (κ2) is 9.81. The number of fused-ring (bicyclic) bond motifs is 1. The van der Waals surface area contributed by atoms with E-state index in [9.17, 15) is 9.90 Å². The van der Waals surface area contributed by atoms with E-state index in [1.165, 1.54) is 32.2 Å². The molecule has 2 heterocycles. The molecule has 0 saturated carbocycles. The molecule has 1 aromatic rings. The van der Waals surface area contributed by atoms with Gasteiger partial charge in [-0.05, 0) is 62.9 Å². The number of halogens is 1. The number of carboxylic acid groups (broad SMARTS) is 1. The number of hydrogen-bond acceptors (Lipinski definition) is 5. The number of carbonyl (C=O) groups is 1. The maximum atomic E-state index is 11.7. The number of unbranched alkanes of at least 4 members (excludes halogenated alkanes) is 3. The first-order valence-electron chi connectivity index (χ1n) is 10.4. The highest BCUT2D eigenvalue weighted by atomic mass is 35.5. The molecule has 0 aliphatic carbocycles. The number of likely N-dealkylation sites (tertiary alicyclic amines) is 1. The van der Waals surface area contributed by atoms with E-state index in [2.05, 4.69) is 11.8 Å². The van der Waals surface area contributed by atoms with Crippen molar-refractivity contribution in [1.29, 1.82) is 0 Å². The highest BCUT2D eigenvalue weighted by Crippen LogP contribution is 2.44. The summed E-state index contributed by atoms with van der Waals surface area (Å²) < 4.78 is 0. The first-order chi connectivity index (χ1) is 13.5. The molecule has 0 radical (unpaired) electrons. The first-order valence-corrected chi connectivity index (χ1v) is 10.7. The maximum Gasteiger partial charge on any atom is 0.313 e. The molecule has 28 heavy (non-hydrogen) atoms. The summed E-state index contributed by atoms with van der Waals surface area (Å²) in [6, 6.07) is 1.82. The topological polar surface area (TPSA) is 85.0 Å². The standard InChI is InChI=1S/C21H31ClN2O4/c1-2-3-4-5-8-24-9-6-14(7-10-24)11-15-12-17(22)19(23)20-18(15)16(21(25)26)13-27-28-20/h12,14,16H,2-11,13,23H2,1H3,(H,25,26). The van der Waals surface area contributed by atoms with Crippen molar-refractivity contribution in [3.05, 3.63) is 22.2 Å². The minimum Gasteiger partial charge on any atom is -0.481 e. The Labute approximate surface area is 171 Å². The van der Waals surface area contributed by atoms with Gasteiger partial charge >= 0.3 is 5.97 Å². The van der Waals surface area contributed by atoms with Crippen LogP contribution in [-0.2, 0) is 16.1 Å². The van der Waals surface area contributed by atoms with Gasteiger partial charge in [0.2, 0.25) is 0 Å². The monoisotopic (exact) mass is 410 g/mol. The molecule has 1 aromatic carbocycles. The van der Waals surface area contributed by atoms with Crippen LogP contribution < -0.4 is 10.6 Å². The lowest BCUT2D eigenvalue weighted by Gasteiger charge is -2.33. The molecule has 2 aliphatic heterocycles. The number of hydrogen-bond donors (Lipinski definition) is 2. The third-order valence-corrected chi connectivity index (χ3v) is 6.27. The number of nitrogens with two attached hydrogens (primary N) is 1. The predicted molar refractivity (Wildman–Crippen MR) is 110 cm³/mol. The van der Waals surface area contributed by atoms with Crippen LogP contribution in [0.3, 0.4) is 0 Å². The number of nitrogen functional groups attached to an aromatic ring is 1. The number of anilines is 1. The van der Waals surface area contributed by atoms with Crippen LogP contribution in [0, 0.1) is 5.92 Å². The number of rotatable bonds is 8. The van der Waals surface area contributed by atoms with Crippen molar-refractivity contribution in [1.82, 2.24) is 4.90 Å². The highest BCUT2D eigenvalue weighted by molar-refractivity contribution is 6.33. The molecule has 156 valence electrons. The van der Waals surface area contributed by atoms with E-state index in [1.807, 2.05) is 6.07 Å². The van der Waals surface area contributed by atoms with Crippen molar-refractivity contribution >= 4 is 23.3 Å². The van der Waals surface area contributed by atoms with Crippen molar-refractivity contribution in [2.24, 2.45) is 5.92 Å². The van der Waals surface area contributed by atoms with Crippen molar-refractivity contribution in [2.45, 2.75) is 57.8 Å². The Balaban J connectivity index is 1.67. The van der Waals surface area contributed by atoms with E-state index in [0.717, 1.165) is 37.9 Å². The minimum atomic E-state index is -0.936. The Kier molecular flexibility index (Phi) is 7.43. The Hall–Kier alpha value is -1.50. The van der Waals surface area contributed by atoms with E-state index < -0.39 is 11.9 Å². The molecule has 0 bridgehead atoms. The molecule has 1 atom stereocenters. The maximum absolute atomic E-state index is 11.7. The fraction of sp³-hybridized carbons (Fsp3) is 0.667. The number of carboxylic acids is 1. The summed E-state index contributed by atoms with van der Waals surface area (Å²) in [4.78, 5) is 24.5. The van der Waals surface area contributed by atoms with E-state index >= 15 is 0 Å². The molecule has 3 rings (SSSR count). The van der Waals surface area contributed by atoms with Crippen LogP contribution in [0.15, 0.2) is 6.07 Å². The number of aliphatic carboxylic acids is 1. The van der Waals surface area contributed by atoms with E-state index in [-0.39, 0.29) is 18.0 Å². The van der Waals surface area contributed by atoms with Crippen molar-refractivity contribution in [3.63, 3.8) is 0 Å². The second-order valence-electron chi connectivity index (χ2n) is 7.98. The summed E-state index contributed by atoms with van der Waals surface area (Å²) in [5.74, 6) is -0.936. The zero-order valence-corrected chi connectivity index (χ0v) is 17.3. The molecule has 2 aliphatic rings. The van der Waals surface area contributed by atoms with Gasteiger partial charge in [-0.2, -0.15) is 4.89 Å². The van der Waals surface area contributed by atoms with Crippen LogP contribution >= 0.6 is 11.6 Å². The zero-order chi connectivity index (χ0) is 20.1. The molecule has 1 saturated heterocycles. The molecule has 7 heteroatoms. The van der Waals surface area contributed by atoms with Gasteiger partial charge in [0.15, 0.2) is 5.75 Å². The largest absolute Gasteiger partial charge is 0.481 e. The van der Waals surface area contributed by atoms with Gasteiger partial charge in [0, 0.05) is 5.56 Å². The van der Waals surface area contributed by atoms with Crippen molar-refractivity contribution in [2.75, 3.05) is 32.0 Å². The molecular formula is C21H31ClN2O4. The molecule has 1 unspecified atom stereocenters. The molecule has 1 fully saturated rings. The Morgan fingerprint density at radius 1 is 1.32 bits per heavy atom. The summed E-state index contributed by atoms with van der Waals surface area (Å²) in [6.45, 7) is 5.60. The average molecular weight is 411 g/mol. The second-order valence-corrected chi connectivity index (χ2v) is 8.39. The fourth-order valence-electron chi connectivity index (χ4n) is 4.27. The van der Waals surface area contributed by atoms with Gasteiger partial charge in [-0.25, -0.2) is 0 Å². The molecule has 0 aromatic heterocycles. The zero-order valence-electron chi connectivity index (χ0n) is 16.6. The summed E-state index contributed by atoms with van der Waals surface area (Å²) in [6.07, 6.45) is 8.18. The van der Waals surface area contributed by atoms with Crippen LogP contribution in [0.5, 0.6) is 5.75 Å². The van der Waals surface area contributed by atoms with Crippen LogP contribution in [-0.4, -0.2) is 42.2 Å². The molecule has 0 amide bonds. The Morgan fingerprint density at radius 3 is 2.75 bits per heavy atom. The van der Waals surface area contributed by atoms with Gasteiger partial charge in [-0.3, -0.25) is 4.79 Å². The first kappa shape index (κ1) is 21.2. The fourth-order valence-corrected chi connectivity index (χ4v) is 4.49. The highest BCUT2D eigenvalue weighted by Gasteiger charge is 2.35. The number of nitrogens with zero attached hydrogens (tertiary/aromatic N) is 1. The molecule has 0 spiro atoms. The third kappa shape index (κ3) is 4.91. The van der Waals surface area contributed by atoms with Gasteiger partial charge in [0.25, 0.3) is 0 Å². The Morgan fingerprint density at radius 2 is 2.07 bits per heavy atom. The average Bonchev–Trinajstić information content (AvgIpc) is 2.70. The lowest BCUT2D eigenvalue weighted by molar-refractivity contribution is -0.222. The summed E-state index contributed by atoms with van der Waals surface area (Å²) in [5.41, 5.74) is 7.81. The number of benzene rings is 1. The summed E-state index contributed by atoms with van der Waals surface area (Å²) in [7, 11) is 0. The van der Waals surface area contributed by atoms with Gasteiger partial charge < -0.3 is 20.6 Å². The van der Waals surface area contributed by atoms with Gasteiger partial charge in [-0.15, -0.1) is 0 Å².